The van der Waals surface area contributed by atoms with Gasteiger partial charge in [0, 0.05) is 19.7 Å². The number of rotatable bonds is 11. The Morgan fingerprint density at radius 3 is 2.70 bits per heavy atom. The number of carbonyl (C=O) groups excluding carboxylic acids is 3. The monoisotopic (exact) mass is 530 g/mol. The Labute approximate surface area is 222 Å². The maximum absolute atomic E-state index is 14.5. The second-order valence-corrected chi connectivity index (χ2v) is 10.7. The first-order valence-electron chi connectivity index (χ1n) is 12.7. The minimum atomic E-state index is -1.17. The van der Waals surface area contributed by atoms with Crippen molar-refractivity contribution in [1.29, 1.82) is 0 Å². The number of amides is 2. The summed E-state index contributed by atoms with van der Waals surface area (Å²) in [6.07, 6.45) is 5.06. The van der Waals surface area contributed by atoms with Gasteiger partial charge in [-0.2, -0.15) is 0 Å². The molecule has 0 aromatic heterocycles. The van der Waals surface area contributed by atoms with Gasteiger partial charge in [-0.25, -0.2) is 0 Å². The number of aliphatic hydroxyl groups excluding tert-OH is 1. The molecule has 1 aromatic carbocycles. The van der Waals surface area contributed by atoms with Gasteiger partial charge in [-0.1, -0.05) is 42.5 Å². The number of nitrogens with zero attached hydrogens (tertiary/aromatic N) is 2. The van der Waals surface area contributed by atoms with Crippen molar-refractivity contribution < 1.29 is 29.0 Å². The zero-order chi connectivity index (χ0) is 27.0. The highest BCUT2D eigenvalue weighted by Crippen LogP contribution is 2.63. The minimum absolute atomic E-state index is 0.0261. The van der Waals surface area contributed by atoms with E-state index in [1.165, 1.54) is 6.08 Å². The Balaban J connectivity index is 1.80. The molecule has 9 heteroatoms. The molecule has 2 unspecified atom stereocenters. The van der Waals surface area contributed by atoms with E-state index in [1.54, 1.807) is 21.9 Å². The molecule has 200 valence electrons. The van der Waals surface area contributed by atoms with Crippen LogP contribution in [0.4, 0.5) is 5.69 Å². The van der Waals surface area contributed by atoms with Crippen LogP contribution < -0.4 is 4.90 Å². The van der Waals surface area contributed by atoms with Crippen molar-refractivity contribution in [2.45, 2.75) is 56.8 Å². The maximum atomic E-state index is 14.5. The first-order chi connectivity index (χ1) is 17.7. The summed E-state index contributed by atoms with van der Waals surface area (Å²) in [7, 11) is 0. The summed E-state index contributed by atoms with van der Waals surface area (Å²) in [6.45, 7) is 11.6. The zero-order valence-corrected chi connectivity index (χ0v) is 22.2. The molecule has 2 amide bonds. The molecule has 0 radical (unpaired) electrons. The molecule has 2 bridgehead atoms. The molecule has 1 aromatic rings. The quantitative estimate of drug-likeness (QED) is 0.267. The number of benzene rings is 1. The van der Waals surface area contributed by atoms with Crippen molar-refractivity contribution in [3.8, 4) is 0 Å². The number of anilines is 1. The molecule has 3 aliphatic heterocycles. The van der Waals surface area contributed by atoms with Crippen LogP contribution in [0, 0.1) is 18.8 Å². The highest BCUT2D eigenvalue weighted by molar-refractivity contribution is 6.34. The standard InChI is InChI=1S/C28H35ClN2O6/c1-5-14-30(22-18(3)10-9-11-19(22)29)25(34)23-28-13-12-27(4,37-28)21(26(35)36-17-6-2)20(28)24(33)31(23)15-7-8-16-32/h5-6,9-11,20-21,23,32H,1-2,7-8,12-17H2,3-4H3/t20-,21+,23?,27-,28?/m0/s1. The average Bonchev–Trinajstić information content (AvgIpc) is 3.42. The molecule has 3 fully saturated rings. The van der Waals surface area contributed by atoms with Gasteiger partial charge in [0.15, 0.2) is 0 Å². The Bertz CT molecular complexity index is 1090. The molecular weight excluding hydrogens is 496 g/mol. The number of carbonyl (C=O) groups is 3. The summed E-state index contributed by atoms with van der Waals surface area (Å²) in [5, 5.41) is 9.76. The lowest BCUT2D eigenvalue weighted by molar-refractivity contribution is -0.158. The fraction of sp³-hybridized carbons (Fsp3) is 0.536. The summed E-state index contributed by atoms with van der Waals surface area (Å²) >= 11 is 6.56. The van der Waals surface area contributed by atoms with E-state index in [4.69, 9.17) is 21.1 Å². The van der Waals surface area contributed by atoms with E-state index in [1.807, 2.05) is 26.0 Å². The van der Waals surface area contributed by atoms with Gasteiger partial charge in [-0.15, -0.1) is 6.58 Å². The third-order valence-corrected chi connectivity index (χ3v) is 8.26. The molecule has 4 rings (SSSR count). The second kappa shape index (κ2) is 10.6. The number of fused-ring (bicyclic) bond motifs is 1. The summed E-state index contributed by atoms with van der Waals surface area (Å²) < 4.78 is 12.0. The predicted octanol–water partition coefficient (Wildman–Crippen LogP) is 3.43. The molecule has 0 aliphatic carbocycles. The van der Waals surface area contributed by atoms with Crippen LogP contribution >= 0.6 is 11.6 Å². The molecule has 3 heterocycles. The number of esters is 1. The van der Waals surface area contributed by atoms with Crippen LogP contribution in [-0.2, 0) is 23.9 Å². The number of ether oxygens (including phenoxy) is 2. The maximum Gasteiger partial charge on any atom is 0.313 e. The van der Waals surface area contributed by atoms with Gasteiger partial charge in [0.05, 0.1) is 22.2 Å². The average molecular weight is 531 g/mol. The number of para-hydroxylation sites is 1. The molecule has 1 spiro atoms. The van der Waals surface area contributed by atoms with Gasteiger partial charge in [0.25, 0.3) is 5.91 Å². The predicted molar refractivity (Wildman–Crippen MR) is 140 cm³/mol. The van der Waals surface area contributed by atoms with Crippen molar-refractivity contribution in [2.75, 3.05) is 31.2 Å². The van der Waals surface area contributed by atoms with E-state index >= 15 is 0 Å². The first kappa shape index (κ1) is 27.4. The number of likely N-dealkylation sites (tertiary alicyclic amines) is 1. The van der Waals surface area contributed by atoms with Crippen molar-refractivity contribution in [2.24, 2.45) is 11.8 Å². The number of halogens is 1. The van der Waals surface area contributed by atoms with Gasteiger partial charge >= 0.3 is 5.97 Å². The van der Waals surface area contributed by atoms with E-state index in [0.29, 0.717) is 36.4 Å². The third-order valence-electron chi connectivity index (χ3n) is 7.95. The Morgan fingerprint density at radius 1 is 1.30 bits per heavy atom. The van der Waals surface area contributed by atoms with Gasteiger partial charge in [-0.3, -0.25) is 14.4 Å². The number of hydrogen-bond acceptors (Lipinski definition) is 6. The SMILES string of the molecule is C=CCOC(=O)[C@H]1[C@H]2C(=O)N(CCCCO)C(C(=O)N(CC=C)c3c(C)cccc3Cl)C23CC[C@]1(C)O3. The highest BCUT2D eigenvalue weighted by Gasteiger charge is 2.78. The van der Waals surface area contributed by atoms with Gasteiger partial charge < -0.3 is 24.4 Å². The van der Waals surface area contributed by atoms with E-state index in [2.05, 4.69) is 13.2 Å². The summed E-state index contributed by atoms with van der Waals surface area (Å²) in [6, 6.07) is 4.44. The fourth-order valence-electron chi connectivity index (χ4n) is 6.46. The molecule has 1 N–H and O–H groups in total. The molecule has 37 heavy (non-hydrogen) atoms. The minimum Gasteiger partial charge on any atom is -0.461 e. The van der Waals surface area contributed by atoms with Crippen molar-refractivity contribution in [3.05, 3.63) is 54.1 Å². The molecule has 3 aliphatic rings. The van der Waals surface area contributed by atoms with Gasteiger partial charge in [0.2, 0.25) is 5.91 Å². The number of aliphatic hydroxyl groups is 1. The Morgan fingerprint density at radius 2 is 2.05 bits per heavy atom. The Kier molecular flexibility index (Phi) is 7.83. The van der Waals surface area contributed by atoms with E-state index in [9.17, 15) is 19.5 Å². The van der Waals surface area contributed by atoms with Crippen LogP contribution in [0.3, 0.4) is 0 Å². The van der Waals surface area contributed by atoms with Crippen LogP contribution in [0.2, 0.25) is 5.02 Å². The van der Waals surface area contributed by atoms with Crippen LogP contribution in [0.5, 0.6) is 0 Å². The topological polar surface area (TPSA) is 96.4 Å². The van der Waals surface area contributed by atoms with E-state index in [0.717, 1.165) is 5.56 Å². The van der Waals surface area contributed by atoms with Crippen molar-refractivity contribution >= 4 is 35.1 Å². The lowest BCUT2D eigenvalue weighted by Gasteiger charge is -2.37. The lowest BCUT2D eigenvalue weighted by atomic mass is 9.66. The van der Waals surface area contributed by atoms with E-state index < -0.39 is 35.0 Å². The number of unbranched alkanes of at least 4 members (excludes halogenated alkanes) is 1. The van der Waals surface area contributed by atoms with Crippen LogP contribution in [-0.4, -0.2) is 71.3 Å². The summed E-state index contributed by atoms with van der Waals surface area (Å²) in [5.74, 6) is -2.82. The third kappa shape index (κ3) is 4.39. The van der Waals surface area contributed by atoms with Gasteiger partial charge in [-0.05, 0) is 51.2 Å². The van der Waals surface area contributed by atoms with Gasteiger partial charge in [0.1, 0.15) is 24.2 Å². The smallest absolute Gasteiger partial charge is 0.313 e. The van der Waals surface area contributed by atoms with Crippen LogP contribution in [0.25, 0.3) is 0 Å². The molecular formula is C28H35ClN2O6. The first-order valence-corrected chi connectivity index (χ1v) is 13.1. The van der Waals surface area contributed by atoms with Crippen LogP contribution in [0.1, 0.15) is 38.2 Å². The molecule has 5 atom stereocenters. The largest absolute Gasteiger partial charge is 0.461 e. The lowest BCUT2D eigenvalue weighted by Crippen LogP contribution is -2.56. The summed E-state index contributed by atoms with van der Waals surface area (Å²) in [5.41, 5.74) is -0.730. The fourth-order valence-corrected chi connectivity index (χ4v) is 6.78. The van der Waals surface area contributed by atoms with Crippen LogP contribution in [0.15, 0.2) is 43.5 Å². The van der Waals surface area contributed by atoms with Crippen molar-refractivity contribution in [1.82, 2.24) is 4.90 Å². The van der Waals surface area contributed by atoms with Crippen molar-refractivity contribution in [3.63, 3.8) is 0 Å². The molecule has 3 saturated heterocycles. The normalized spacial score (nSPS) is 29.8. The molecule has 0 saturated carbocycles. The Hall–Kier alpha value is -2.68. The summed E-state index contributed by atoms with van der Waals surface area (Å²) in [4.78, 5) is 44.8. The number of aryl methyl sites for hydroxylation is 1. The second-order valence-electron chi connectivity index (χ2n) is 10.3. The van der Waals surface area contributed by atoms with E-state index in [-0.39, 0.29) is 38.1 Å². The molecule has 8 nitrogen and oxygen atoms in total. The number of hydrogen-bond donors (Lipinski definition) is 1. The highest BCUT2D eigenvalue weighted by atomic mass is 35.5. The zero-order valence-electron chi connectivity index (χ0n) is 21.5.